The minimum atomic E-state index is -0.302. The molecule has 3 N–H and O–H groups in total. The first-order valence-corrected chi connectivity index (χ1v) is 12.5. The lowest BCUT2D eigenvalue weighted by Crippen LogP contribution is -2.31. The Morgan fingerprint density at radius 3 is 2.73 bits per heavy atom. The number of rotatable bonds is 8. The molecule has 0 spiro atoms. The smallest absolute Gasteiger partial charge is 0.255 e. The van der Waals surface area contributed by atoms with Crippen molar-refractivity contribution < 1.29 is 14.6 Å². The van der Waals surface area contributed by atoms with Crippen molar-refractivity contribution in [3.8, 4) is 22.8 Å². The van der Waals surface area contributed by atoms with E-state index in [4.69, 9.17) is 4.74 Å². The maximum absolute atomic E-state index is 13.2. The normalized spacial score (nSPS) is 15.4. The molecule has 4 rings (SSSR count). The van der Waals surface area contributed by atoms with Crippen molar-refractivity contribution in [2.24, 2.45) is 11.3 Å². The summed E-state index contributed by atoms with van der Waals surface area (Å²) >= 11 is 0. The molecular formula is C30H34N4O3. The fraction of sp³-hybridized carbons (Fsp3) is 0.300. The zero-order valence-corrected chi connectivity index (χ0v) is 22.0. The Bertz CT molecular complexity index is 1360. The standard InChI is InChI=1S/C30H34N4O3/c1-6-30(3,4)22-11-12-25(35)24(18-22)34-28(36)21-10-9-19(2)26(16-21)37-29-23(8-7-14-33-29)20-13-15-32-27(17-20)31-5/h7-17,22,35H,6,18H2,1-5H3,(H,31,32)(H,34,36). The van der Waals surface area contributed by atoms with Gasteiger partial charge in [-0.1, -0.05) is 39.3 Å². The summed E-state index contributed by atoms with van der Waals surface area (Å²) in [6, 6.07) is 12.9. The van der Waals surface area contributed by atoms with Crippen molar-refractivity contribution in [3.05, 3.63) is 89.6 Å². The first-order chi connectivity index (χ1) is 17.7. The molecule has 0 aliphatic heterocycles. The summed E-state index contributed by atoms with van der Waals surface area (Å²) in [5.41, 5.74) is 3.61. The summed E-state index contributed by atoms with van der Waals surface area (Å²) in [6.07, 6.45) is 8.68. The summed E-state index contributed by atoms with van der Waals surface area (Å²) in [5.74, 6) is 1.71. The number of carbonyl (C=O) groups excluding carboxylic acids is 1. The number of aromatic nitrogens is 2. The van der Waals surface area contributed by atoms with Gasteiger partial charge < -0.3 is 20.5 Å². The highest BCUT2D eigenvalue weighted by Crippen LogP contribution is 2.38. The Labute approximate surface area is 218 Å². The van der Waals surface area contributed by atoms with Gasteiger partial charge in [-0.3, -0.25) is 4.79 Å². The molecule has 1 unspecified atom stereocenters. The summed E-state index contributed by atoms with van der Waals surface area (Å²) in [4.78, 5) is 21.9. The van der Waals surface area contributed by atoms with Crippen LogP contribution in [0.15, 0.2) is 78.5 Å². The Hall–Kier alpha value is -4.13. The summed E-state index contributed by atoms with van der Waals surface area (Å²) in [7, 11) is 1.82. The van der Waals surface area contributed by atoms with Crippen LogP contribution in [0.25, 0.3) is 11.1 Å². The number of hydrogen-bond acceptors (Lipinski definition) is 6. The molecule has 192 valence electrons. The molecular weight excluding hydrogens is 464 g/mol. The highest BCUT2D eigenvalue weighted by atomic mass is 16.5. The van der Waals surface area contributed by atoms with Crippen LogP contribution in [0.4, 0.5) is 5.82 Å². The number of ether oxygens (including phenoxy) is 1. The zero-order valence-electron chi connectivity index (χ0n) is 22.0. The Morgan fingerprint density at radius 1 is 1.16 bits per heavy atom. The van der Waals surface area contributed by atoms with Crippen LogP contribution in [0, 0.1) is 18.3 Å². The molecule has 37 heavy (non-hydrogen) atoms. The van der Waals surface area contributed by atoms with Crippen molar-refractivity contribution in [3.63, 3.8) is 0 Å². The molecule has 0 bridgehead atoms. The van der Waals surface area contributed by atoms with Gasteiger partial charge in [0.25, 0.3) is 5.91 Å². The van der Waals surface area contributed by atoms with Crippen LogP contribution in [-0.2, 0) is 0 Å². The Balaban J connectivity index is 1.57. The zero-order chi connectivity index (χ0) is 26.6. The van der Waals surface area contributed by atoms with E-state index in [2.05, 4.69) is 41.4 Å². The van der Waals surface area contributed by atoms with E-state index >= 15 is 0 Å². The number of aryl methyl sites for hydroxylation is 1. The maximum atomic E-state index is 13.2. The highest BCUT2D eigenvalue weighted by molar-refractivity contribution is 5.96. The monoisotopic (exact) mass is 498 g/mol. The predicted octanol–water partition coefficient (Wildman–Crippen LogP) is 6.80. The second kappa shape index (κ2) is 10.9. The van der Waals surface area contributed by atoms with E-state index in [9.17, 15) is 9.90 Å². The number of anilines is 1. The third-order valence-corrected chi connectivity index (χ3v) is 7.15. The molecule has 1 aromatic carbocycles. The molecule has 1 aliphatic carbocycles. The minimum absolute atomic E-state index is 0.0568. The number of allylic oxidation sites excluding steroid dienone is 3. The second-order valence-electron chi connectivity index (χ2n) is 9.95. The quantitative estimate of drug-likeness (QED) is 0.316. The van der Waals surface area contributed by atoms with Crippen molar-refractivity contribution in [2.45, 2.75) is 40.5 Å². The Morgan fingerprint density at radius 2 is 1.97 bits per heavy atom. The third kappa shape index (κ3) is 5.82. The van der Waals surface area contributed by atoms with Crippen LogP contribution >= 0.6 is 0 Å². The van der Waals surface area contributed by atoms with Gasteiger partial charge >= 0.3 is 0 Å². The summed E-state index contributed by atoms with van der Waals surface area (Å²) in [5, 5.41) is 16.4. The number of hydrogen-bond donors (Lipinski definition) is 3. The van der Waals surface area contributed by atoms with Gasteiger partial charge in [-0.15, -0.1) is 0 Å². The van der Waals surface area contributed by atoms with E-state index in [1.807, 2.05) is 50.4 Å². The molecule has 0 saturated heterocycles. The molecule has 0 saturated carbocycles. The van der Waals surface area contributed by atoms with Crippen LogP contribution in [0.5, 0.6) is 11.6 Å². The molecule has 2 heterocycles. The van der Waals surface area contributed by atoms with E-state index in [0.29, 0.717) is 29.3 Å². The Kier molecular flexibility index (Phi) is 7.62. The molecule has 0 radical (unpaired) electrons. The van der Waals surface area contributed by atoms with Crippen LogP contribution < -0.4 is 15.4 Å². The molecule has 7 nitrogen and oxygen atoms in total. The maximum Gasteiger partial charge on any atom is 0.255 e. The number of pyridine rings is 2. The van der Waals surface area contributed by atoms with Crippen LogP contribution in [0.2, 0.25) is 0 Å². The van der Waals surface area contributed by atoms with Crippen molar-refractivity contribution >= 4 is 11.7 Å². The van der Waals surface area contributed by atoms with Gasteiger partial charge in [0.15, 0.2) is 0 Å². The van der Waals surface area contributed by atoms with Crippen LogP contribution in [-0.4, -0.2) is 28.0 Å². The molecule has 2 aromatic heterocycles. The van der Waals surface area contributed by atoms with E-state index in [1.165, 1.54) is 0 Å². The fourth-order valence-corrected chi connectivity index (χ4v) is 4.21. The average Bonchev–Trinajstić information content (AvgIpc) is 2.91. The third-order valence-electron chi connectivity index (χ3n) is 7.15. The van der Waals surface area contributed by atoms with Crippen molar-refractivity contribution in [2.75, 3.05) is 12.4 Å². The van der Waals surface area contributed by atoms with Gasteiger partial charge in [0.05, 0.1) is 5.70 Å². The number of nitrogens with zero attached hydrogens (tertiary/aromatic N) is 2. The largest absolute Gasteiger partial charge is 0.506 e. The van der Waals surface area contributed by atoms with Crippen LogP contribution in [0.3, 0.4) is 0 Å². The average molecular weight is 499 g/mol. The molecule has 1 amide bonds. The van der Waals surface area contributed by atoms with Gasteiger partial charge in [-0.05, 0) is 78.3 Å². The molecule has 0 fully saturated rings. The van der Waals surface area contributed by atoms with Gasteiger partial charge in [0.1, 0.15) is 17.3 Å². The lowest BCUT2D eigenvalue weighted by atomic mass is 9.73. The number of benzene rings is 1. The summed E-state index contributed by atoms with van der Waals surface area (Å²) in [6.45, 7) is 8.47. The molecule has 1 atom stereocenters. The molecule has 1 aliphatic rings. The number of aliphatic hydroxyl groups is 1. The lowest BCUT2D eigenvalue weighted by molar-refractivity contribution is 0.0958. The van der Waals surface area contributed by atoms with E-state index < -0.39 is 0 Å². The van der Waals surface area contributed by atoms with E-state index in [0.717, 1.165) is 28.9 Å². The summed E-state index contributed by atoms with van der Waals surface area (Å²) < 4.78 is 6.24. The van der Waals surface area contributed by atoms with Crippen molar-refractivity contribution in [1.29, 1.82) is 0 Å². The van der Waals surface area contributed by atoms with Gasteiger partial charge in [-0.25, -0.2) is 9.97 Å². The second-order valence-corrected chi connectivity index (χ2v) is 9.95. The number of carbonyl (C=O) groups is 1. The topological polar surface area (TPSA) is 96.4 Å². The van der Waals surface area contributed by atoms with Gasteiger partial charge in [0.2, 0.25) is 5.88 Å². The number of nitrogens with one attached hydrogen (secondary N) is 2. The first-order valence-electron chi connectivity index (χ1n) is 12.5. The fourth-order valence-electron chi connectivity index (χ4n) is 4.21. The first kappa shape index (κ1) is 25.9. The predicted molar refractivity (Wildman–Crippen MR) is 147 cm³/mol. The van der Waals surface area contributed by atoms with Gasteiger partial charge in [-0.2, -0.15) is 0 Å². The van der Waals surface area contributed by atoms with Crippen LogP contribution in [0.1, 0.15) is 49.5 Å². The molecule has 7 heteroatoms. The van der Waals surface area contributed by atoms with Gasteiger partial charge in [0, 0.05) is 30.6 Å². The molecule has 3 aromatic rings. The highest BCUT2D eigenvalue weighted by Gasteiger charge is 2.30. The SMILES string of the molecule is CCC(C)(C)C1C=CC(O)=C(NC(=O)c2ccc(C)c(Oc3ncccc3-c3ccnc(NC)c3)c2)C1. The number of aliphatic hydroxyl groups excluding tert-OH is 1. The van der Waals surface area contributed by atoms with E-state index in [1.54, 1.807) is 30.6 Å². The lowest BCUT2D eigenvalue weighted by Gasteiger charge is -2.34. The van der Waals surface area contributed by atoms with E-state index in [-0.39, 0.29) is 23.0 Å². The number of amides is 1. The van der Waals surface area contributed by atoms with Crippen molar-refractivity contribution in [1.82, 2.24) is 15.3 Å². The minimum Gasteiger partial charge on any atom is -0.506 e.